The molecule has 7 aromatic carbocycles. The van der Waals surface area contributed by atoms with Gasteiger partial charge >= 0.3 is 0 Å². The van der Waals surface area contributed by atoms with Crippen molar-refractivity contribution in [2.75, 3.05) is 0 Å². The number of benzene rings is 6. The molecule has 0 spiro atoms. The molecule has 3 heteroatoms. The summed E-state index contributed by atoms with van der Waals surface area (Å²) in [6.45, 7) is 6.43. The molecule has 0 bridgehead atoms. The molecular weight excluding hydrogens is 490 g/mol. The lowest BCUT2D eigenvalue weighted by Crippen LogP contribution is -2.23. The van der Waals surface area contributed by atoms with Gasteiger partial charge in [0.2, 0.25) is 0 Å². The van der Waals surface area contributed by atoms with E-state index >= 15 is 0 Å². The molecular formula is C37H31NO2. The minimum Gasteiger partial charge on any atom is -0.268 e. The first-order chi connectivity index (χ1) is 19.5. The van der Waals surface area contributed by atoms with Gasteiger partial charge in [0.15, 0.2) is 0 Å². The molecule has 0 saturated heterocycles. The van der Waals surface area contributed by atoms with E-state index in [0.717, 1.165) is 65.6 Å². The first-order valence-corrected chi connectivity index (χ1v) is 14.7. The van der Waals surface area contributed by atoms with E-state index in [-0.39, 0.29) is 11.1 Å². The molecule has 3 nitrogen and oxygen atoms in total. The zero-order valence-electron chi connectivity index (χ0n) is 23.3. The van der Waals surface area contributed by atoms with Gasteiger partial charge in [-0.2, -0.15) is 0 Å². The van der Waals surface area contributed by atoms with Crippen LogP contribution in [0.3, 0.4) is 0 Å². The van der Waals surface area contributed by atoms with E-state index in [4.69, 9.17) is 0 Å². The fourth-order valence-electron chi connectivity index (χ4n) is 7.48. The number of unbranched alkanes of at least 4 members (excludes halogenated alkanes) is 2. The van der Waals surface area contributed by atoms with E-state index in [1.54, 1.807) is 0 Å². The van der Waals surface area contributed by atoms with Gasteiger partial charge in [0.05, 0.1) is 16.5 Å². The average molecular weight is 522 g/mol. The van der Waals surface area contributed by atoms with Crippen LogP contribution in [0.5, 0.6) is 0 Å². The van der Waals surface area contributed by atoms with Crippen molar-refractivity contribution in [2.24, 2.45) is 0 Å². The SMILES string of the molecule is CCCCc1cc2c3c(=O)n(-c4cccc(C)c4)c(=O)c3c3cc(CCCC)c4ccc5ccc1c1c5c4c3c21. The fraction of sp³-hybridized carbons (Fsp3) is 0.243. The normalized spacial score (nSPS) is 12.7. The maximum Gasteiger partial charge on any atom is 0.266 e. The van der Waals surface area contributed by atoms with Gasteiger partial charge in [0.25, 0.3) is 11.1 Å². The van der Waals surface area contributed by atoms with Crippen molar-refractivity contribution in [3.05, 3.63) is 98.1 Å². The monoisotopic (exact) mass is 521 g/mol. The van der Waals surface area contributed by atoms with E-state index in [1.807, 2.05) is 31.2 Å². The Bertz CT molecular complexity index is 2200. The molecule has 0 saturated carbocycles. The van der Waals surface area contributed by atoms with Crippen LogP contribution in [0.1, 0.15) is 56.2 Å². The highest BCUT2D eigenvalue weighted by molar-refractivity contribution is 6.48. The number of rotatable bonds is 7. The molecule has 0 aliphatic heterocycles. The molecule has 8 rings (SSSR count). The zero-order chi connectivity index (χ0) is 27.3. The van der Waals surface area contributed by atoms with Crippen LogP contribution in [-0.4, -0.2) is 4.57 Å². The molecule has 1 heterocycles. The van der Waals surface area contributed by atoms with Gasteiger partial charge in [-0.05, 0) is 127 Å². The van der Waals surface area contributed by atoms with Gasteiger partial charge < -0.3 is 0 Å². The van der Waals surface area contributed by atoms with E-state index in [9.17, 15) is 9.59 Å². The molecule has 0 amide bonds. The zero-order valence-corrected chi connectivity index (χ0v) is 23.3. The molecule has 0 fully saturated rings. The van der Waals surface area contributed by atoms with Crippen LogP contribution < -0.4 is 11.1 Å². The largest absolute Gasteiger partial charge is 0.268 e. The number of fused-ring (bicyclic) bond motifs is 3. The van der Waals surface area contributed by atoms with Crippen molar-refractivity contribution in [1.29, 1.82) is 0 Å². The van der Waals surface area contributed by atoms with E-state index in [1.165, 1.54) is 48.0 Å². The van der Waals surface area contributed by atoms with Gasteiger partial charge in [0, 0.05) is 0 Å². The Kier molecular flexibility index (Phi) is 4.95. The van der Waals surface area contributed by atoms with Gasteiger partial charge in [-0.1, -0.05) is 63.1 Å². The molecule has 0 aliphatic carbocycles. The van der Waals surface area contributed by atoms with Crippen molar-refractivity contribution in [1.82, 2.24) is 4.57 Å². The van der Waals surface area contributed by atoms with Crippen molar-refractivity contribution in [2.45, 2.75) is 59.3 Å². The predicted octanol–water partition coefficient (Wildman–Crippen LogP) is 8.86. The molecule has 8 aromatic rings. The van der Waals surface area contributed by atoms with Crippen LogP contribution in [0.4, 0.5) is 0 Å². The standard InChI is InChI=1S/C37H31NO2/c1-4-6-10-22-18-27-32-30-25(22)15-13-21-14-16-26-23(11-7-5-2)19-28(33(32)31(26)29(21)30)35-34(27)36(39)38(37(35)40)24-12-8-9-20(3)17-24/h8-9,12-19H,4-7,10-11H2,1-3H3. The van der Waals surface area contributed by atoms with Crippen LogP contribution in [0.15, 0.2) is 70.3 Å². The van der Waals surface area contributed by atoms with Crippen molar-refractivity contribution < 1.29 is 0 Å². The Morgan fingerprint density at radius 3 is 1.60 bits per heavy atom. The summed E-state index contributed by atoms with van der Waals surface area (Å²) in [5.41, 5.74) is 3.82. The van der Waals surface area contributed by atoms with Crippen LogP contribution >= 0.6 is 0 Å². The van der Waals surface area contributed by atoms with Gasteiger partial charge in [0.1, 0.15) is 0 Å². The van der Waals surface area contributed by atoms with Gasteiger partial charge in [-0.25, -0.2) is 4.57 Å². The second-order valence-corrected chi connectivity index (χ2v) is 11.7. The molecule has 1 aromatic heterocycles. The maximum atomic E-state index is 14.3. The Balaban J connectivity index is 1.67. The molecule has 0 N–H and O–H groups in total. The molecule has 196 valence electrons. The lowest BCUT2D eigenvalue weighted by molar-refractivity contribution is 0.799. The highest BCUT2D eigenvalue weighted by atomic mass is 16.2. The number of hydrogen-bond donors (Lipinski definition) is 0. The summed E-state index contributed by atoms with van der Waals surface area (Å²) in [6, 6.07) is 21.3. The topological polar surface area (TPSA) is 39.1 Å². The quantitative estimate of drug-likeness (QED) is 0.197. The second kappa shape index (κ2) is 8.38. The highest BCUT2D eigenvalue weighted by Gasteiger charge is 2.28. The summed E-state index contributed by atoms with van der Waals surface area (Å²) in [5, 5.41) is 13.1. The van der Waals surface area contributed by atoms with E-state index < -0.39 is 0 Å². The summed E-state index contributed by atoms with van der Waals surface area (Å²) in [5.74, 6) is 0. The minimum absolute atomic E-state index is 0.202. The minimum atomic E-state index is -0.202. The first kappa shape index (κ1) is 23.6. The molecule has 0 radical (unpaired) electrons. The van der Waals surface area contributed by atoms with Crippen LogP contribution in [-0.2, 0) is 12.8 Å². The Morgan fingerprint density at radius 1 is 0.575 bits per heavy atom. The van der Waals surface area contributed by atoms with Crippen molar-refractivity contribution >= 4 is 64.6 Å². The Labute approximate surface area is 232 Å². The number of aryl methyl sites for hydroxylation is 3. The van der Waals surface area contributed by atoms with Crippen LogP contribution in [0.2, 0.25) is 0 Å². The third-order valence-corrected chi connectivity index (χ3v) is 9.29. The lowest BCUT2D eigenvalue weighted by Gasteiger charge is -2.12. The van der Waals surface area contributed by atoms with Gasteiger partial charge in [-0.3, -0.25) is 9.59 Å². The van der Waals surface area contributed by atoms with Crippen molar-refractivity contribution in [3.63, 3.8) is 0 Å². The predicted molar refractivity (Wildman–Crippen MR) is 170 cm³/mol. The molecule has 0 unspecified atom stereocenters. The van der Waals surface area contributed by atoms with E-state index in [0.29, 0.717) is 16.5 Å². The third kappa shape index (κ3) is 2.90. The summed E-state index contributed by atoms with van der Waals surface area (Å²) >= 11 is 0. The summed E-state index contributed by atoms with van der Waals surface area (Å²) in [7, 11) is 0. The Hall–Kier alpha value is -4.24. The maximum absolute atomic E-state index is 14.3. The molecule has 0 aliphatic rings. The summed E-state index contributed by atoms with van der Waals surface area (Å²) in [4.78, 5) is 28.7. The average Bonchev–Trinajstić information content (AvgIpc) is 3.45. The van der Waals surface area contributed by atoms with Crippen LogP contribution in [0, 0.1) is 6.92 Å². The fourth-order valence-corrected chi connectivity index (χ4v) is 7.48. The summed E-state index contributed by atoms with van der Waals surface area (Å²) < 4.78 is 1.41. The Morgan fingerprint density at radius 2 is 1.10 bits per heavy atom. The number of hydrogen-bond acceptors (Lipinski definition) is 2. The highest BCUT2D eigenvalue weighted by Crippen LogP contribution is 2.51. The lowest BCUT2D eigenvalue weighted by atomic mass is 9.90. The number of nitrogens with zero attached hydrogens (tertiary/aromatic N) is 1. The second-order valence-electron chi connectivity index (χ2n) is 11.7. The first-order valence-electron chi connectivity index (χ1n) is 14.7. The third-order valence-electron chi connectivity index (χ3n) is 9.29. The van der Waals surface area contributed by atoms with E-state index in [2.05, 4.69) is 50.2 Å². The van der Waals surface area contributed by atoms with Crippen molar-refractivity contribution in [3.8, 4) is 5.69 Å². The smallest absolute Gasteiger partial charge is 0.266 e. The van der Waals surface area contributed by atoms with Crippen LogP contribution in [0.25, 0.3) is 70.3 Å². The molecule has 0 atom stereocenters. The van der Waals surface area contributed by atoms with Gasteiger partial charge in [-0.15, -0.1) is 0 Å². The summed E-state index contributed by atoms with van der Waals surface area (Å²) in [6.07, 6.45) is 6.30. The molecule has 40 heavy (non-hydrogen) atoms. The number of aromatic nitrogens is 1.